The van der Waals surface area contributed by atoms with Crippen LogP contribution >= 0.6 is 11.3 Å². The summed E-state index contributed by atoms with van der Waals surface area (Å²) in [5, 5.41) is 5.69. The minimum Gasteiger partial charge on any atom is -0.272 e. The third-order valence-electron chi connectivity index (χ3n) is 3.02. The third-order valence-corrected chi connectivity index (χ3v) is 5.64. The summed E-state index contributed by atoms with van der Waals surface area (Å²) in [6.45, 7) is 1.57. The highest BCUT2D eigenvalue weighted by Gasteiger charge is 2.22. The molecule has 0 saturated carbocycles. The largest absolute Gasteiger partial charge is 0.272 e. The molecule has 1 amide bonds. The summed E-state index contributed by atoms with van der Waals surface area (Å²) < 4.78 is 25.7. The lowest BCUT2D eigenvalue weighted by atomic mass is 10.2. The van der Waals surface area contributed by atoms with E-state index >= 15 is 0 Å². The van der Waals surface area contributed by atoms with Gasteiger partial charge in [0, 0.05) is 11.9 Å². The maximum atomic E-state index is 12.3. The van der Waals surface area contributed by atoms with Crippen molar-refractivity contribution in [3.8, 4) is 0 Å². The van der Waals surface area contributed by atoms with Gasteiger partial charge in [-0.15, -0.1) is 11.3 Å². The van der Waals surface area contributed by atoms with E-state index in [-0.39, 0.29) is 11.4 Å². The molecule has 0 radical (unpaired) electrons. The van der Waals surface area contributed by atoms with Gasteiger partial charge >= 0.3 is 0 Å². The monoisotopic (exact) mass is 351 g/mol. The standard InChI is InChI=1S/C15H17N3O3S2/c1-12-5-7-14(8-6-12)23(20,21)18(2)11-15(19)17-16-10-13-4-3-9-22-13/h3-10H,11H2,1-2H3,(H,17,19)/b16-10-. The Balaban J connectivity index is 1.96. The molecule has 0 bridgehead atoms. The summed E-state index contributed by atoms with van der Waals surface area (Å²) in [4.78, 5) is 12.8. The van der Waals surface area contributed by atoms with Gasteiger partial charge in [0.05, 0.1) is 17.7 Å². The summed E-state index contributed by atoms with van der Waals surface area (Å²) in [5.41, 5.74) is 3.28. The van der Waals surface area contributed by atoms with Crippen LogP contribution in [0.5, 0.6) is 0 Å². The molecule has 8 heteroatoms. The Morgan fingerprint density at radius 2 is 2.00 bits per heavy atom. The minimum atomic E-state index is -3.70. The molecular formula is C15H17N3O3S2. The summed E-state index contributed by atoms with van der Waals surface area (Å²) in [6.07, 6.45) is 1.51. The Morgan fingerprint density at radius 1 is 1.30 bits per heavy atom. The lowest BCUT2D eigenvalue weighted by molar-refractivity contribution is -0.121. The highest BCUT2D eigenvalue weighted by molar-refractivity contribution is 7.89. The molecule has 0 saturated heterocycles. The number of sulfonamides is 1. The number of hydrogen-bond donors (Lipinski definition) is 1. The number of carbonyl (C=O) groups excluding carboxylic acids is 1. The van der Waals surface area contributed by atoms with Crippen molar-refractivity contribution in [2.24, 2.45) is 5.10 Å². The van der Waals surface area contributed by atoms with Crippen LogP contribution in [0.1, 0.15) is 10.4 Å². The predicted molar refractivity (Wildman–Crippen MR) is 91.1 cm³/mol. The van der Waals surface area contributed by atoms with Gasteiger partial charge in [0.25, 0.3) is 5.91 Å². The lowest BCUT2D eigenvalue weighted by Crippen LogP contribution is -2.36. The van der Waals surface area contributed by atoms with Crippen molar-refractivity contribution in [2.45, 2.75) is 11.8 Å². The number of hydrazone groups is 1. The highest BCUT2D eigenvalue weighted by atomic mass is 32.2. The van der Waals surface area contributed by atoms with Crippen molar-refractivity contribution in [1.82, 2.24) is 9.73 Å². The van der Waals surface area contributed by atoms with Crippen LogP contribution in [0, 0.1) is 6.92 Å². The van der Waals surface area contributed by atoms with Gasteiger partial charge < -0.3 is 0 Å². The number of hydrogen-bond acceptors (Lipinski definition) is 5. The van der Waals surface area contributed by atoms with Gasteiger partial charge in [0.1, 0.15) is 0 Å². The molecule has 1 aromatic heterocycles. The van der Waals surface area contributed by atoms with Crippen LogP contribution in [0.4, 0.5) is 0 Å². The van der Waals surface area contributed by atoms with Gasteiger partial charge in [-0.25, -0.2) is 13.8 Å². The number of amides is 1. The van der Waals surface area contributed by atoms with E-state index < -0.39 is 15.9 Å². The zero-order valence-electron chi connectivity index (χ0n) is 12.8. The van der Waals surface area contributed by atoms with Crippen LogP contribution in [0.25, 0.3) is 0 Å². The fourth-order valence-corrected chi connectivity index (χ4v) is 3.46. The second-order valence-electron chi connectivity index (χ2n) is 4.88. The Bertz CT molecular complexity index is 782. The SMILES string of the molecule is Cc1ccc(S(=O)(=O)N(C)CC(=O)N/N=C\c2cccs2)cc1. The van der Waals surface area contributed by atoms with E-state index in [4.69, 9.17) is 0 Å². The van der Waals surface area contributed by atoms with E-state index in [0.717, 1.165) is 14.7 Å². The molecule has 6 nitrogen and oxygen atoms in total. The molecule has 0 aliphatic carbocycles. The maximum Gasteiger partial charge on any atom is 0.255 e. The van der Waals surface area contributed by atoms with E-state index in [1.807, 2.05) is 24.4 Å². The van der Waals surface area contributed by atoms with Crippen molar-refractivity contribution in [2.75, 3.05) is 13.6 Å². The van der Waals surface area contributed by atoms with Crippen molar-refractivity contribution in [3.63, 3.8) is 0 Å². The molecule has 0 atom stereocenters. The molecule has 1 heterocycles. The van der Waals surface area contributed by atoms with E-state index in [2.05, 4.69) is 10.5 Å². The summed E-state index contributed by atoms with van der Waals surface area (Å²) >= 11 is 1.48. The van der Waals surface area contributed by atoms with Crippen LogP contribution in [0.3, 0.4) is 0 Å². The molecule has 0 aliphatic heterocycles. The number of aryl methyl sites for hydroxylation is 1. The maximum absolute atomic E-state index is 12.3. The Labute approximate surface area is 139 Å². The smallest absolute Gasteiger partial charge is 0.255 e. The lowest BCUT2D eigenvalue weighted by Gasteiger charge is -2.16. The average Bonchev–Trinajstić information content (AvgIpc) is 3.01. The Morgan fingerprint density at radius 3 is 2.61 bits per heavy atom. The molecule has 0 fully saturated rings. The molecule has 122 valence electrons. The molecule has 0 aliphatic rings. The van der Waals surface area contributed by atoms with Crippen molar-refractivity contribution in [3.05, 3.63) is 52.2 Å². The number of benzene rings is 1. The summed E-state index contributed by atoms with van der Waals surface area (Å²) in [7, 11) is -2.34. The molecule has 0 spiro atoms. The first-order valence-corrected chi connectivity index (χ1v) is 9.10. The van der Waals surface area contributed by atoms with Crippen LogP contribution in [0.15, 0.2) is 51.8 Å². The van der Waals surface area contributed by atoms with Crippen molar-refractivity contribution in [1.29, 1.82) is 0 Å². The zero-order chi connectivity index (χ0) is 16.9. The van der Waals surface area contributed by atoms with E-state index in [9.17, 15) is 13.2 Å². The quantitative estimate of drug-likeness (QED) is 0.637. The molecule has 1 aromatic carbocycles. The van der Waals surface area contributed by atoms with Crippen molar-refractivity contribution >= 4 is 33.5 Å². The topological polar surface area (TPSA) is 78.8 Å². The van der Waals surface area contributed by atoms with E-state index in [1.54, 1.807) is 12.1 Å². The molecule has 23 heavy (non-hydrogen) atoms. The van der Waals surface area contributed by atoms with Gasteiger partial charge in [-0.05, 0) is 30.5 Å². The van der Waals surface area contributed by atoms with Gasteiger partial charge in [-0.3, -0.25) is 4.79 Å². The molecular weight excluding hydrogens is 334 g/mol. The van der Waals surface area contributed by atoms with Gasteiger partial charge in [0.2, 0.25) is 10.0 Å². The fraction of sp³-hybridized carbons (Fsp3) is 0.200. The van der Waals surface area contributed by atoms with Crippen LogP contribution in [-0.4, -0.2) is 38.4 Å². The number of likely N-dealkylation sites (N-methyl/N-ethyl adjacent to an activating group) is 1. The number of thiophene rings is 1. The minimum absolute atomic E-state index is 0.153. The summed E-state index contributed by atoms with van der Waals surface area (Å²) in [5.74, 6) is -0.504. The first-order chi connectivity index (χ1) is 10.9. The second kappa shape index (κ2) is 7.49. The zero-order valence-corrected chi connectivity index (χ0v) is 14.4. The highest BCUT2D eigenvalue weighted by Crippen LogP contribution is 2.14. The normalized spacial score (nSPS) is 12.0. The van der Waals surface area contributed by atoms with Crippen LogP contribution < -0.4 is 5.43 Å². The van der Waals surface area contributed by atoms with Crippen molar-refractivity contribution < 1.29 is 13.2 Å². The molecule has 2 rings (SSSR count). The molecule has 0 unspecified atom stereocenters. The van der Waals surface area contributed by atoms with Crippen LogP contribution in [0.2, 0.25) is 0 Å². The van der Waals surface area contributed by atoms with E-state index in [1.165, 1.54) is 36.7 Å². The third kappa shape index (κ3) is 4.72. The van der Waals surface area contributed by atoms with Gasteiger partial charge in [0.15, 0.2) is 0 Å². The average molecular weight is 351 g/mol. The number of nitrogens with one attached hydrogen (secondary N) is 1. The first-order valence-electron chi connectivity index (χ1n) is 6.78. The first kappa shape index (κ1) is 17.3. The number of carbonyl (C=O) groups is 1. The summed E-state index contributed by atoms with van der Waals surface area (Å²) in [6, 6.07) is 10.2. The van der Waals surface area contributed by atoms with Gasteiger partial charge in [-0.1, -0.05) is 23.8 Å². The number of nitrogens with zero attached hydrogens (tertiary/aromatic N) is 2. The van der Waals surface area contributed by atoms with Gasteiger partial charge in [-0.2, -0.15) is 9.41 Å². The second-order valence-corrected chi connectivity index (χ2v) is 7.91. The predicted octanol–water partition coefficient (Wildman–Crippen LogP) is 1.83. The number of rotatable bonds is 6. The van der Waals surface area contributed by atoms with E-state index in [0.29, 0.717) is 0 Å². The fourth-order valence-electron chi connectivity index (χ4n) is 1.75. The molecule has 2 aromatic rings. The van der Waals surface area contributed by atoms with Crippen LogP contribution in [-0.2, 0) is 14.8 Å². The Hall–Kier alpha value is -2.03. The molecule has 1 N–H and O–H groups in total. The Kier molecular flexibility index (Phi) is 5.64.